The predicted molar refractivity (Wildman–Crippen MR) is 101 cm³/mol. The molecule has 4 nitrogen and oxygen atoms in total. The number of aliphatic imine (C=N–C) groups is 1. The summed E-state index contributed by atoms with van der Waals surface area (Å²) in [6.07, 6.45) is 4.93. The molecule has 0 aromatic heterocycles. The first-order valence-corrected chi connectivity index (χ1v) is 7.57. The van der Waals surface area contributed by atoms with Crippen LogP contribution in [-0.4, -0.2) is 51.1 Å². The van der Waals surface area contributed by atoms with Crippen LogP contribution in [0, 0.1) is 5.92 Å². The molecular formula is C15H35IN4. The van der Waals surface area contributed by atoms with E-state index in [9.17, 15) is 0 Å². The van der Waals surface area contributed by atoms with Crippen molar-refractivity contribution in [3.63, 3.8) is 0 Å². The maximum atomic E-state index is 4.27. The Kier molecular flexibility index (Phi) is 15.5. The minimum atomic E-state index is 0. The minimum absolute atomic E-state index is 0. The summed E-state index contributed by atoms with van der Waals surface area (Å²) in [6.45, 7) is 8.87. The summed E-state index contributed by atoms with van der Waals surface area (Å²) in [4.78, 5) is 6.47. The molecule has 122 valence electrons. The fourth-order valence-electron chi connectivity index (χ4n) is 1.93. The van der Waals surface area contributed by atoms with Gasteiger partial charge in [-0.2, -0.15) is 0 Å². The Morgan fingerprint density at radius 1 is 1.10 bits per heavy atom. The Hall–Kier alpha value is -0.0400. The van der Waals surface area contributed by atoms with Crippen molar-refractivity contribution < 1.29 is 0 Å². The van der Waals surface area contributed by atoms with E-state index in [-0.39, 0.29) is 24.0 Å². The van der Waals surface area contributed by atoms with E-state index in [4.69, 9.17) is 0 Å². The van der Waals surface area contributed by atoms with E-state index in [0.29, 0.717) is 6.04 Å². The van der Waals surface area contributed by atoms with Crippen molar-refractivity contribution >= 4 is 29.9 Å². The summed E-state index contributed by atoms with van der Waals surface area (Å²) in [5.41, 5.74) is 0. The number of hydrogen-bond acceptors (Lipinski definition) is 2. The molecule has 2 N–H and O–H groups in total. The lowest BCUT2D eigenvalue weighted by Gasteiger charge is -2.18. The van der Waals surface area contributed by atoms with Crippen molar-refractivity contribution in [1.82, 2.24) is 15.5 Å². The maximum Gasteiger partial charge on any atom is 0.191 e. The quantitative estimate of drug-likeness (QED) is 0.272. The smallest absolute Gasteiger partial charge is 0.191 e. The second-order valence-corrected chi connectivity index (χ2v) is 6.03. The highest BCUT2D eigenvalue weighted by Gasteiger charge is 2.05. The van der Waals surface area contributed by atoms with Gasteiger partial charge in [-0.3, -0.25) is 4.99 Å². The summed E-state index contributed by atoms with van der Waals surface area (Å²) in [5.74, 6) is 1.73. The van der Waals surface area contributed by atoms with E-state index in [2.05, 4.69) is 55.4 Å². The second-order valence-electron chi connectivity index (χ2n) is 6.03. The van der Waals surface area contributed by atoms with Crippen molar-refractivity contribution in [3.05, 3.63) is 0 Å². The third-order valence-electron chi connectivity index (χ3n) is 3.10. The highest BCUT2D eigenvalue weighted by molar-refractivity contribution is 14.0. The van der Waals surface area contributed by atoms with Crippen LogP contribution in [0.5, 0.6) is 0 Å². The first-order chi connectivity index (χ1) is 8.95. The fraction of sp³-hybridized carbons (Fsp3) is 0.933. The summed E-state index contributed by atoms with van der Waals surface area (Å²) in [6, 6.07) is 0.485. The van der Waals surface area contributed by atoms with Crippen LogP contribution < -0.4 is 10.6 Å². The lowest BCUT2D eigenvalue weighted by atomic mass is 10.0. The monoisotopic (exact) mass is 398 g/mol. The van der Waals surface area contributed by atoms with Crippen LogP contribution in [0.3, 0.4) is 0 Å². The SMILES string of the molecule is CN=C(NCCCN(C)C)NC(C)CCCC(C)C.I. The van der Waals surface area contributed by atoms with Crippen molar-refractivity contribution in [1.29, 1.82) is 0 Å². The highest BCUT2D eigenvalue weighted by Crippen LogP contribution is 2.07. The summed E-state index contributed by atoms with van der Waals surface area (Å²) in [7, 11) is 6.04. The number of halogens is 1. The number of guanidine groups is 1. The van der Waals surface area contributed by atoms with Gasteiger partial charge in [0.15, 0.2) is 5.96 Å². The van der Waals surface area contributed by atoms with Crippen molar-refractivity contribution in [2.24, 2.45) is 10.9 Å². The minimum Gasteiger partial charge on any atom is -0.356 e. The summed E-state index contributed by atoms with van der Waals surface area (Å²) in [5, 5.41) is 6.82. The molecule has 20 heavy (non-hydrogen) atoms. The molecule has 0 aromatic rings. The average Bonchev–Trinajstić information content (AvgIpc) is 2.32. The highest BCUT2D eigenvalue weighted by atomic mass is 127. The van der Waals surface area contributed by atoms with Gasteiger partial charge in [0.25, 0.3) is 0 Å². The standard InChI is InChI=1S/C15H34N4.HI/c1-13(2)9-7-10-14(3)18-15(16-4)17-11-8-12-19(5)6;/h13-14H,7-12H2,1-6H3,(H2,16,17,18);1H. The Bertz CT molecular complexity index is 242. The van der Waals surface area contributed by atoms with Crippen molar-refractivity contribution in [2.75, 3.05) is 34.2 Å². The van der Waals surface area contributed by atoms with Crippen LogP contribution in [-0.2, 0) is 0 Å². The van der Waals surface area contributed by atoms with Gasteiger partial charge in [-0.1, -0.05) is 26.7 Å². The first-order valence-electron chi connectivity index (χ1n) is 7.57. The topological polar surface area (TPSA) is 39.7 Å². The van der Waals surface area contributed by atoms with Gasteiger partial charge in [0.1, 0.15) is 0 Å². The van der Waals surface area contributed by atoms with Gasteiger partial charge in [0, 0.05) is 19.6 Å². The van der Waals surface area contributed by atoms with Crippen LogP contribution in [0.1, 0.15) is 46.5 Å². The lowest BCUT2D eigenvalue weighted by Crippen LogP contribution is -2.42. The molecule has 0 fully saturated rings. The molecule has 5 heteroatoms. The van der Waals surface area contributed by atoms with Crippen LogP contribution >= 0.6 is 24.0 Å². The van der Waals surface area contributed by atoms with Gasteiger partial charge < -0.3 is 15.5 Å². The Labute approximate surface area is 143 Å². The molecule has 0 saturated heterocycles. The van der Waals surface area contributed by atoms with Crippen LogP contribution in [0.4, 0.5) is 0 Å². The molecule has 0 aliphatic rings. The first kappa shape index (κ1) is 22.2. The van der Waals surface area contributed by atoms with Crippen LogP contribution in [0.15, 0.2) is 4.99 Å². The van der Waals surface area contributed by atoms with E-state index in [0.717, 1.165) is 31.4 Å². The summed E-state index contributed by atoms with van der Waals surface area (Å²) >= 11 is 0. The molecule has 1 unspecified atom stereocenters. The zero-order chi connectivity index (χ0) is 14.7. The molecule has 1 atom stereocenters. The van der Waals surface area contributed by atoms with Gasteiger partial charge in [-0.25, -0.2) is 0 Å². The molecule has 0 spiro atoms. The van der Waals surface area contributed by atoms with Crippen LogP contribution in [0.2, 0.25) is 0 Å². The normalized spacial score (nSPS) is 13.3. The second kappa shape index (κ2) is 13.9. The van der Waals surface area contributed by atoms with Gasteiger partial charge in [-0.15, -0.1) is 24.0 Å². The van der Waals surface area contributed by atoms with E-state index < -0.39 is 0 Å². The molecule has 0 aromatic carbocycles. The van der Waals surface area contributed by atoms with Crippen molar-refractivity contribution in [3.8, 4) is 0 Å². The molecule has 0 aliphatic carbocycles. The van der Waals surface area contributed by atoms with E-state index >= 15 is 0 Å². The van der Waals surface area contributed by atoms with Crippen LogP contribution in [0.25, 0.3) is 0 Å². The number of nitrogens with zero attached hydrogens (tertiary/aromatic N) is 2. The average molecular weight is 398 g/mol. The zero-order valence-corrected chi connectivity index (χ0v) is 16.5. The van der Waals surface area contributed by atoms with E-state index in [1.807, 2.05) is 7.05 Å². The maximum absolute atomic E-state index is 4.27. The molecule has 0 amide bonds. The van der Waals surface area contributed by atoms with E-state index in [1.165, 1.54) is 19.3 Å². The lowest BCUT2D eigenvalue weighted by molar-refractivity contribution is 0.399. The third kappa shape index (κ3) is 14.4. The van der Waals surface area contributed by atoms with Crippen molar-refractivity contribution in [2.45, 2.75) is 52.5 Å². The van der Waals surface area contributed by atoms with Gasteiger partial charge in [0.2, 0.25) is 0 Å². The molecule has 0 bridgehead atoms. The van der Waals surface area contributed by atoms with Gasteiger partial charge in [0.05, 0.1) is 0 Å². The Balaban J connectivity index is 0. The third-order valence-corrected chi connectivity index (χ3v) is 3.10. The molecule has 0 rings (SSSR count). The van der Waals surface area contributed by atoms with E-state index in [1.54, 1.807) is 0 Å². The van der Waals surface area contributed by atoms with Gasteiger partial charge in [-0.05, 0) is 46.3 Å². The Morgan fingerprint density at radius 2 is 1.75 bits per heavy atom. The largest absolute Gasteiger partial charge is 0.356 e. The molecular weight excluding hydrogens is 363 g/mol. The number of nitrogens with one attached hydrogen (secondary N) is 2. The number of rotatable bonds is 9. The fourth-order valence-corrected chi connectivity index (χ4v) is 1.93. The van der Waals surface area contributed by atoms with Gasteiger partial charge >= 0.3 is 0 Å². The molecule has 0 aliphatic heterocycles. The molecule has 0 heterocycles. The number of hydrogen-bond donors (Lipinski definition) is 2. The summed E-state index contributed by atoms with van der Waals surface area (Å²) < 4.78 is 0. The Morgan fingerprint density at radius 3 is 2.25 bits per heavy atom. The molecule has 0 saturated carbocycles. The zero-order valence-electron chi connectivity index (χ0n) is 14.2. The molecule has 0 radical (unpaired) electrons. The predicted octanol–water partition coefficient (Wildman–Crippen LogP) is 2.94.